The Hall–Kier alpha value is -3.04. The van der Waals surface area contributed by atoms with Crippen LogP contribution in [-0.4, -0.2) is 38.9 Å². The second kappa shape index (κ2) is 7.78. The number of rotatable bonds is 2. The number of ether oxygens (including phenoxy) is 2. The molecular weight excluding hydrogens is 460 g/mol. The Morgan fingerprint density at radius 1 is 0.818 bits per heavy atom. The fraction of sp³-hybridized carbons (Fsp3) is 0.250. The highest BCUT2D eigenvalue weighted by molar-refractivity contribution is 7.92. The molecule has 0 spiro atoms. The maximum Gasteiger partial charge on any atom is 0.189 e. The number of para-hydroxylation sites is 1. The molecule has 2 N–H and O–H groups in total. The monoisotopic (exact) mass is 482 g/mol. The van der Waals surface area contributed by atoms with E-state index in [1.54, 1.807) is 30.3 Å². The molecular formula is C24H22N2O5S2. The summed E-state index contributed by atoms with van der Waals surface area (Å²) in [6.07, 6.45) is 0. The van der Waals surface area contributed by atoms with Gasteiger partial charge < -0.3 is 20.1 Å². The highest BCUT2D eigenvalue weighted by Crippen LogP contribution is 2.43. The van der Waals surface area contributed by atoms with E-state index in [1.165, 1.54) is 0 Å². The second-order valence-corrected chi connectivity index (χ2v) is 11.9. The molecule has 3 heterocycles. The lowest BCUT2D eigenvalue weighted by Gasteiger charge is -2.30. The van der Waals surface area contributed by atoms with Gasteiger partial charge >= 0.3 is 0 Å². The summed E-state index contributed by atoms with van der Waals surface area (Å²) >= 11 is 0. The van der Waals surface area contributed by atoms with Crippen molar-refractivity contribution < 1.29 is 22.1 Å². The first-order valence-electron chi connectivity index (χ1n) is 10.8. The Morgan fingerprint density at radius 2 is 1.58 bits per heavy atom. The first-order chi connectivity index (χ1) is 16.0. The maximum absolute atomic E-state index is 13.7. The average Bonchev–Trinajstić information content (AvgIpc) is 2.84. The first-order valence-corrected chi connectivity index (χ1v) is 13.5. The van der Waals surface area contributed by atoms with Crippen LogP contribution in [0, 0.1) is 0 Å². The van der Waals surface area contributed by atoms with Crippen LogP contribution >= 0.6 is 0 Å². The van der Waals surface area contributed by atoms with E-state index in [4.69, 9.17) is 9.47 Å². The van der Waals surface area contributed by atoms with Crippen LogP contribution in [0.2, 0.25) is 0 Å². The maximum atomic E-state index is 13.7. The van der Waals surface area contributed by atoms with Crippen molar-refractivity contribution in [3.05, 3.63) is 71.8 Å². The fourth-order valence-corrected chi connectivity index (χ4v) is 7.97. The van der Waals surface area contributed by atoms with Crippen LogP contribution in [0.3, 0.4) is 0 Å². The number of anilines is 2. The van der Waals surface area contributed by atoms with Gasteiger partial charge in [0.1, 0.15) is 18.5 Å². The molecule has 3 atom stereocenters. The minimum absolute atomic E-state index is 0.238. The van der Waals surface area contributed by atoms with Gasteiger partial charge in [0.05, 0.1) is 37.2 Å². The fourth-order valence-electron chi connectivity index (χ4n) is 4.60. The molecule has 0 radical (unpaired) electrons. The normalized spacial score (nSPS) is 24.5. The van der Waals surface area contributed by atoms with Crippen molar-refractivity contribution in [1.82, 2.24) is 0 Å². The summed E-state index contributed by atoms with van der Waals surface area (Å²) in [5, 5.41) is 5.49. The molecule has 3 unspecified atom stereocenters. The predicted octanol–water partition coefficient (Wildman–Crippen LogP) is 3.67. The zero-order valence-corrected chi connectivity index (χ0v) is 19.2. The van der Waals surface area contributed by atoms with Crippen LogP contribution in [-0.2, 0) is 20.6 Å². The van der Waals surface area contributed by atoms with E-state index < -0.39 is 25.9 Å². The quantitative estimate of drug-likeness (QED) is 0.576. The molecule has 170 valence electrons. The van der Waals surface area contributed by atoms with Crippen molar-refractivity contribution in [2.75, 3.05) is 36.9 Å². The van der Waals surface area contributed by atoms with Gasteiger partial charge in [-0.1, -0.05) is 24.3 Å². The van der Waals surface area contributed by atoms with Crippen LogP contribution in [0.25, 0.3) is 0 Å². The van der Waals surface area contributed by atoms with E-state index in [0.29, 0.717) is 42.5 Å². The van der Waals surface area contributed by atoms with Crippen molar-refractivity contribution in [2.24, 2.45) is 0 Å². The topological polar surface area (TPSA) is 93.7 Å². The number of sulfone groups is 1. The van der Waals surface area contributed by atoms with E-state index in [1.807, 2.05) is 30.3 Å². The molecule has 3 aliphatic rings. The molecule has 0 bridgehead atoms. The largest absolute Gasteiger partial charge is 0.486 e. The third-order valence-electron chi connectivity index (χ3n) is 6.31. The molecule has 0 aromatic heterocycles. The molecule has 0 fully saturated rings. The third-order valence-corrected chi connectivity index (χ3v) is 10.2. The molecule has 3 aromatic rings. The highest BCUT2D eigenvalue weighted by atomic mass is 32.2. The molecule has 0 saturated heterocycles. The van der Waals surface area contributed by atoms with Gasteiger partial charge in [-0.25, -0.2) is 8.42 Å². The van der Waals surface area contributed by atoms with Crippen LogP contribution in [0.4, 0.5) is 11.4 Å². The smallest absolute Gasteiger partial charge is 0.189 e. The van der Waals surface area contributed by atoms with Crippen LogP contribution in [0.5, 0.6) is 11.5 Å². The summed E-state index contributed by atoms with van der Waals surface area (Å²) in [6, 6.07) is 18.1. The Balaban J connectivity index is 1.36. The standard InChI is InChI=1S/C24H22N2O5S2/c27-32-21-4-2-1-3-17(21)25-13-22(32)15-5-7-18-23(12-15)33(28,29)24(14-26-18)16-6-8-19-20(11-16)31-10-9-30-19/h1-8,11-12,22,24-26H,9-10,13-14H2. The minimum Gasteiger partial charge on any atom is -0.486 e. The van der Waals surface area contributed by atoms with Gasteiger partial charge in [0, 0.05) is 13.1 Å². The SMILES string of the molecule is O=S1c2ccccc2NCC1c1ccc2c(c1)S(=O)(=O)C(c1ccc3c(c1)OCCO3)CN2. The van der Waals surface area contributed by atoms with E-state index in [2.05, 4.69) is 10.6 Å². The Labute approximate surface area is 194 Å². The molecule has 7 nitrogen and oxygen atoms in total. The van der Waals surface area contributed by atoms with Crippen molar-refractivity contribution in [3.8, 4) is 11.5 Å². The molecule has 0 saturated carbocycles. The molecule has 0 amide bonds. The lowest BCUT2D eigenvalue weighted by atomic mass is 10.1. The summed E-state index contributed by atoms with van der Waals surface area (Å²) in [5.41, 5.74) is 2.82. The van der Waals surface area contributed by atoms with Gasteiger partial charge in [0.2, 0.25) is 0 Å². The molecule has 33 heavy (non-hydrogen) atoms. The summed E-state index contributed by atoms with van der Waals surface area (Å²) in [7, 11) is -4.96. The number of hydrogen-bond donors (Lipinski definition) is 2. The van der Waals surface area contributed by atoms with Crippen LogP contribution < -0.4 is 20.1 Å². The van der Waals surface area contributed by atoms with Crippen LogP contribution in [0.15, 0.2) is 70.5 Å². The van der Waals surface area contributed by atoms with E-state index >= 15 is 0 Å². The summed E-state index contributed by atoms with van der Waals surface area (Å²) in [6.45, 7) is 1.65. The number of benzene rings is 3. The van der Waals surface area contributed by atoms with Gasteiger partial charge in [-0.15, -0.1) is 0 Å². The van der Waals surface area contributed by atoms with Crippen molar-refractivity contribution in [1.29, 1.82) is 0 Å². The summed E-state index contributed by atoms with van der Waals surface area (Å²) < 4.78 is 51.8. The van der Waals surface area contributed by atoms with E-state index in [0.717, 1.165) is 16.1 Å². The molecule has 3 aromatic carbocycles. The second-order valence-electron chi connectivity index (χ2n) is 8.24. The predicted molar refractivity (Wildman–Crippen MR) is 126 cm³/mol. The average molecular weight is 483 g/mol. The molecule has 3 aliphatic heterocycles. The van der Waals surface area contributed by atoms with Crippen LogP contribution in [0.1, 0.15) is 21.6 Å². The lowest BCUT2D eigenvalue weighted by molar-refractivity contribution is 0.171. The van der Waals surface area contributed by atoms with Gasteiger partial charge in [0.15, 0.2) is 21.3 Å². The first kappa shape index (κ1) is 20.6. The van der Waals surface area contributed by atoms with Crippen molar-refractivity contribution in [2.45, 2.75) is 20.3 Å². The number of nitrogens with one attached hydrogen (secondary N) is 2. The molecule has 6 rings (SSSR count). The van der Waals surface area contributed by atoms with E-state index in [-0.39, 0.29) is 16.7 Å². The Bertz CT molecular complexity index is 1390. The lowest BCUT2D eigenvalue weighted by Crippen LogP contribution is -2.29. The van der Waals surface area contributed by atoms with Gasteiger partial charge in [-0.2, -0.15) is 0 Å². The minimum atomic E-state index is -3.68. The summed E-state index contributed by atoms with van der Waals surface area (Å²) in [5.74, 6) is 1.19. The van der Waals surface area contributed by atoms with Crippen molar-refractivity contribution in [3.63, 3.8) is 0 Å². The zero-order valence-electron chi connectivity index (χ0n) is 17.6. The molecule has 9 heteroatoms. The van der Waals surface area contributed by atoms with Gasteiger partial charge in [0.25, 0.3) is 0 Å². The highest BCUT2D eigenvalue weighted by Gasteiger charge is 2.37. The van der Waals surface area contributed by atoms with Gasteiger partial charge in [-0.3, -0.25) is 4.21 Å². The third kappa shape index (κ3) is 3.38. The number of fused-ring (bicyclic) bond motifs is 3. The zero-order chi connectivity index (χ0) is 22.6. The molecule has 0 aliphatic carbocycles. The van der Waals surface area contributed by atoms with E-state index in [9.17, 15) is 12.6 Å². The Morgan fingerprint density at radius 3 is 2.45 bits per heavy atom. The Kier molecular flexibility index (Phi) is 4.84. The van der Waals surface area contributed by atoms with Gasteiger partial charge in [-0.05, 0) is 47.5 Å². The number of hydrogen-bond acceptors (Lipinski definition) is 7. The van der Waals surface area contributed by atoms with Crippen molar-refractivity contribution >= 4 is 32.0 Å². The summed E-state index contributed by atoms with van der Waals surface area (Å²) in [4.78, 5) is 0.976.